The molecule has 0 bridgehead atoms. The molecule has 0 amide bonds. The third kappa shape index (κ3) is 4.29. The molecule has 0 spiro atoms. The topological polar surface area (TPSA) is 42.3 Å². The van der Waals surface area contributed by atoms with E-state index in [1.807, 2.05) is 0 Å². The molecular formula is C14H13F3N2OS. The second-order valence-corrected chi connectivity index (χ2v) is 7.29. The molecule has 0 unspecified atom stereocenters. The highest BCUT2D eigenvalue weighted by atomic mass is 32.2. The Morgan fingerprint density at radius 1 is 1.05 bits per heavy atom. The van der Waals surface area contributed by atoms with Crippen molar-refractivity contribution in [1.29, 1.82) is 0 Å². The van der Waals surface area contributed by atoms with Gasteiger partial charge in [-0.15, -0.1) is 0 Å². The average molecular weight is 314 g/mol. The molecule has 7 heteroatoms. The van der Waals surface area contributed by atoms with E-state index in [1.165, 1.54) is 18.6 Å². The Morgan fingerprint density at radius 3 is 2.10 bits per heavy atom. The van der Waals surface area contributed by atoms with Crippen molar-refractivity contribution >= 4 is 15.4 Å². The number of alkyl halides is 3. The maximum atomic E-state index is 12.5. The van der Waals surface area contributed by atoms with Gasteiger partial charge in [-0.25, -0.2) is 4.21 Å². The molecule has 112 valence electrons. The standard InChI is InChI=1S/C14H13F3N2OS/c1-21(2,20)19-12-6-3-10(4-7-12)13-8-5-11(9-18-13)14(15,16)17/h3-9H,1-2H3. The molecule has 0 N–H and O–H groups in total. The zero-order valence-electron chi connectivity index (χ0n) is 11.4. The third-order valence-corrected chi connectivity index (χ3v) is 3.23. The molecule has 0 saturated carbocycles. The number of aromatic nitrogens is 1. The van der Waals surface area contributed by atoms with Crippen LogP contribution in [-0.4, -0.2) is 21.7 Å². The van der Waals surface area contributed by atoms with Crippen LogP contribution in [0.2, 0.25) is 0 Å². The number of hydrogen-bond acceptors (Lipinski definition) is 3. The fourth-order valence-electron chi connectivity index (χ4n) is 1.68. The van der Waals surface area contributed by atoms with Crippen LogP contribution < -0.4 is 0 Å². The van der Waals surface area contributed by atoms with Crippen molar-refractivity contribution in [3.05, 3.63) is 48.2 Å². The van der Waals surface area contributed by atoms with Gasteiger partial charge in [0.1, 0.15) is 0 Å². The Bertz CT molecular complexity index is 735. The summed E-state index contributed by atoms with van der Waals surface area (Å²) in [6.07, 6.45) is -0.536. The van der Waals surface area contributed by atoms with Gasteiger partial charge < -0.3 is 0 Å². The van der Waals surface area contributed by atoms with Gasteiger partial charge in [0.25, 0.3) is 0 Å². The van der Waals surface area contributed by atoms with Crippen LogP contribution in [-0.2, 0) is 15.9 Å². The van der Waals surface area contributed by atoms with E-state index in [2.05, 4.69) is 9.35 Å². The monoisotopic (exact) mass is 314 g/mol. The van der Waals surface area contributed by atoms with Crippen molar-refractivity contribution in [2.24, 2.45) is 4.36 Å². The molecule has 0 aliphatic heterocycles. The zero-order valence-corrected chi connectivity index (χ0v) is 12.2. The lowest BCUT2D eigenvalue weighted by atomic mass is 10.1. The van der Waals surface area contributed by atoms with Crippen molar-refractivity contribution < 1.29 is 17.4 Å². The normalized spacial score (nSPS) is 12.2. The van der Waals surface area contributed by atoms with E-state index in [-0.39, 0.29) is 0 Å². The van der Waals surface area contributed by atoms with Crippen LogP contribution in [0.5, 0.6) is 0 Å². The summed E-state index contributed by atoms with van der Waals surface area (Å²) in [6, 6.07) is 8.98. The fourth-order valence-corrected chi connectivity index (χ4v) is 2.31. The van der Waals surface area contributed by atoms with Gasteiger partial charge in [0.15, 0.2) is 0 Å². The van der Waals surface area contributed by atoms with Gasteiger partial charge in [-0.1, -0.05) is 12.1 Å². The molecule has 0 fully saturated rings. The summed E-state index contributed by atoms with van der Waals surface area (Å²) in [5, 5.41) is 0. The van der Waals surface area contributed by atoms with E-state index in [4.69, 9.17) is 0 Å². The number of nitrogens with zero attached hydrogens (tertiary/aromatic N) is 2. The molecule has 1 heterocycles. The molecule has 0 radical (unpaired) electrons. The van der Waals surface area contributed by atoms with Crippen LogP contribution in [0, 0.1) is 0 Å². The molecule has 21 heavy (non-hydrogen) atoms. The van der Waals surface area contributed by atoms with Crippen LogP contribution in [0.15, 0.2) is 47.0 Å². The van der Waals surface area contributed by atoms with Crippen molar-refractivity contribution in [1.82, 2.24) is 4.98 Å². The van der Waals surface area contributed by atoms with Gasteiger partial charge in [0.05, 0.1) is 16.9 Å². The van der Waals surface area contributed by atoms with Gasteiger partial charge >= 0.3 is 6.18 Å². The number of hydrogen-bond donors (Lipinski definition) is 0. The molecule has 1 aromatic carbocycles. The predicted octanol–water partition coefficient (Wildman–Crippen LogP) is 4.13. The minimum atomic E-state index is -4.39. The number of pyridine rings is 1. The molecule has 1 aromatic heterocycles. The number of rotatable bonds is 2. The van der Waals surface area contributed by atoms with Crippen molar-refractivity contribution in [3.63, 3.8) is 0 Å². The van der Waals surface area contributed by atoms with E-state index in [9.17, 15) is 17.4 Å². The van der Waals surface area contributed by atoms with Crippen molar-refractivity contribution in [3.8, 4) is 11.3 Å². The van der Waals surface area contributed by atoms with Crippen LogP contribution in [0.1, 0.15) is 5.56 Å². The first kappa shape index (κ1) is 15.5. The van der Waals surface area contributed by atoms with Crippen molar-refractivity contribution in [2.45, 2.75) is 6.18 Å². The number of benzene rings is 1. The minimum Gasteiger partial charge on any atom is -0.256 e. The lowest BCUT2D eigenvalue weighted by Gasteiger charge is -2.07. The molecule has 0 aliphatic carbocycles. The van der Waals surface area contributed by atoms with Crippen LogP contribution >= 0.6 is 0 Å². The van der Waals surface area contributed by atoms with Crippen LogP contribution in [0.25, 0.3) is 11.3 Å². The molecule has 0 saturated heterocycles. The van der Waals surface area contributed by atoms with E-state index >= 15 is 0 Å². The highest BCUT2D eigenvalue weighted by Crippen LogP contribution is 2.30. The van der Waals surface area contributed by atoms with E-state index in [1.54, 1.807) is 24.3 Å². The van der Waals surface area contributed by atoms with Crippen molar-refractivity contribution in [2.75, 3.05) is 12.5 Å². The summed E-state index contributed by atoms with van der Waals surface area (Å²) < 4.78 is 52.9. The summed E-state index contributed by atoms with van der Waals surface area (Å²) >= 11 is 0. The first-order valence-corrected chi connectivity index (χ1v) is 8.29. The lowest BCUT2D eigenvalue weighted by Crippen LogP contribution is -2.05. The first-order chi connectivity index (χ1) is 9.65. The first-order valence-electron chi connectivity index (χ1n) is 5.96. The fraction of sp³-hybridized carbons (Fsp3) is 0.214. The van der Waals surface area contributed by atoms with Crippen LogP contribution in [0.3, 0.4) is 0 Å². The second kappa shape index (κ2) is 5.48. The Labute approximate surface area is 121 Å². The summed E-state index contributed by atoms with van der Waals surface area (Å²) in [4.78, 5) is 3.81. The predicted molar refractivity (Wildman–Crippen MR) is 76.8 cm³/mol. The van der Waals surface area contributed by atoms with E-state index < -0.39 is 21.5 Å². The molecular weight excluding hydrogens is 301 g/mol. The Kier molecular flexibility index (Phi) is 4.04. The Hall–Kier alpha value is -1.89. The van der Waals surface area contributed by atoms with Gasteiger partial charge in [-0.3, -0.25) is 4.98 Å². The molecule has 3 nitrogen and oxygen atoms in total. The molecule has 2 aromatic rings. The van der Waals surface area contributed by atoms with Gasteiger partial charge in [-0.2, -0.15) is 17.5 Å². The quantitative estimate of drug-likeness (QED) is 0.836. The molecule has 2 rings (SSSR count). The molecule has 0 atom stereocenters. The SMILES string of the molecule is CS(C)(=O)=Nc1ccc(-c2ccc(C(F)(F)F)cn2)cc1. The highest BCUT2D eigenvalue weighted by Gasteiger charge is 2.30. The lowest BCUT2D eigenvalue weighted by molar-refractivity contribution is -0.137. The summed E-state index contributed by atoms with van der Waals surface area (Å²) in [5.41, 5.74) is 0.875. The van der Waals surface area contributed by atoms with Gasteiger partial charge in [0, 0.05) is 34.0 Å². The zero-order chi connectivity index (χ0) is 15.7. The third-order valence-electron chi connectivity index (χ3n) is 2.58. The maximum absolute atomic E-state index is 12.5. The van der Waals surface area contributed by atoms with Gasteiger partial charge in [-0.05, 0) is 24.3 Å². The largest absolute Gasteiger partial charge is 0.417 e. The second-order valence-electron chi connectivity index (χ2n) is 4.75. The average Bonchev–Trinajstić information content (AvgIpc) is 2.37. The molecule has 0 aliphatic rings. The highest BCUT2D eigenvalue weighted by molar-refractivity contribution is 7.92. The maximum Gasteiger partial charge on any atom is 0.417 e. The summed E-state index contributed by atoms with van der Waals surface area (Å²) in [6.45, 7) is 0. The number of halogens is 3. The Balaban J connectivity index is 2.29. The smallest absolute Gasteiger partial charge is 0.256 e. The summed E-state index contributed by atoms with van der Waals surface area (Å²) in [7, 11) is -2.24. The van der Waals surface area contributed by atoms with Gasteiger partial charge in [0.2, 0.25) is 0 Å². The van der Waals surface area contributed by atoms with Crippen LogP contribution in [0.4, 0.5) is 18.9 Å². The Morgan fingerprint density at radius 2 is 1.67 bits per heavy atom. The minimum absolute atomic E-state index is 0.434. The van der Waals surface area contributed by atoms with E-state index in [0.717, 1.165) is 12.3 Å². The van der Waals surface area contributed by atoms with E-state index in [0.29, 0.717) is 16.9 Å². The summed E-state index contributed by atoms with van der Waals surface area (Å²) in [5.74, 6) is 0.